The van der Waals surface area contributed by atoms with Crippen molar-refractivity contribution in [1.82, 2.24) is 4.90 Å². The van der Waals surface area contributed by atoms with Gasteiger partial charge in [0.2, 0.25) is 0 Å². The van der Waals surface area contributed by atoms with Crippen LogP contribution in [0.3, 0.4) is 0 Å². The third-order valence-electron chi connectivity index (χ3n) is 3.44. The van der Waals surface area contributed by atoms with Gasteiger partial charge in [-0.25, -0.2) is 0 Å². The van der Waals surface area contributed by atoms with Gasteiger partial charge < -0.3 is 4.90 Å². The number of likely N-dealkylation sites (tertiary alicyclic amines) is 1. The molecule has 2 nitrogen and oxygen atoms in total. The zero-order chi connectivity index (χ0) is 13.3. The highest BCUT2D eigenvalue weighted by Crippen LogP contribution is 2.26. The Morgan fingerprint density at radius 3 is 2.83 bits per heavy atom. The average molecular weight is 331 g/mol. The second-order valence-electron chi connectivity index (χ2n) is 5.02. The van der Waals surface area contributed by atoms with Gasteiger partial charge in [0, 0.05) is 17.9 Å². The van der Waals surface area contributed by atoms with Crippen molar-refractivity contribution in [2.45, 2.75) is 25.1 Å². The lowest BCUT2D eigenvalue weighted by Gasteiger charge is -2.34. The molecule has 1 saturated heterocycles. The first-order valence-electron chi connectivity index (χ1n) is 6.18. The summed E-state index contributed by atoms with van der Waals surface area (Å²) in [6.07, 6.45) is 0.996. The third-order valence-corrected chi connectivity index (χ3v) is 5.12. The summed E-state index contributed by atoms with van der Waals surface area (Å²) in [4.78, 5) is 14.8. The number of nitrogens with zero attached hydrogens (tertiary/aromatic N) is 1. The van der Waals surface area contributed by atoms with Crippen LogP contribution in [0, 0.1) is 12.8 Å². The SMILES string of the molecule is Cc1ccc(C(=O)N2CCC(Br)C(C)C2)c(Cl)c1. The van der Waals surface area contributed by atoms with Crippen LogP contribution in [-0.2, 0) is 0 Å². The molecule has 0 bridgehead atoms. The number of hydrogen-bond donors (Lipinski definition) is 0. The van der Waals surface area contributed by atoms with Crippen molar-refractivity contribution in [3.05, 3.63) is 34.3 Å². The van der Waals surface area contributed by atoms with Crippen molar-refractivity contribution in [1.29, 1.82) is 0 Å². The number of piperidine rings is 1. The molecule has 0 radical (unpaired) electrons. The van der Waals surface area contributed by atoms with E-state index < -0.39 is 0 Å². The molecule has 98 valence electrons. The standard InChI is InChI=1S/C14H17BrClNO/c1-9-3-4-11(13(16)7-9)14(18)17-6-5-12(15)10(2)8-17/h3-4,7,10,12H,5-6,8H2,1-2H3. The van der Waals surface area contributed by atoms with Gasteiger partial charge in [-0.05, 0) is 37.0 Å². The van der Waals surface area contributed by atoms with Crippen molar-refractivity contribution >= 4 is 33.4 Å². The molecule has 2 unspecified atom stereocenters. The van der Waals surface area contributed by atoms with E-state index in [9.17, 15) is 4.79 Å². The number of rotatable bonds is 1. The van der Waals surface area contributed by atoms with E-state index in [1.165, 1.54) is 0 Å². The molecule has 0 aromatic heterocycles. The van der Waals surface area contributed by atoms with Crippen molar-refractivity contribution in [3.63, 3.8) is 0 Å². The lowest BCUT2D eigenvalue weighted by Crippen LogP contribution is -2.43. The van der Waals surface area contributed by atoms with Gasteiger partial charge in [0.25, 0.3) is 5.91 Å². The molecule has 1 aliphatic heterocycles. The highest BCUT2D eigenvalue weighted by molar-refractivity contribution is 9.09. The van der Waals surface area contributed by atoms with E-state index in [0.717, 1.165) is 25.1 Å². The predicted molar refractivity (Wildman–Crippen MR) is 78.6 cm³/mol. The number of halogens is 2. The summed E-state index contributed by atoms with van der Waals surface area (Å²) in [7, 11) is 0. The normalized spacial score (nSPS) is 24.1. The molecule has 1 fully saturated rings. The zero-order valence-corrected chi connectivity index (χ0v) is 13.0. The smallest absolute Gasteiger partial charge is 0.255 e. The molecular formula is C14H17BrClNO. The number of amides is 1. The van der Waals surface area contributed by atoms with E-state index in [-0.39, 0.29) is 5.91 Å². The van der Waals surface area contributed by atoms with E-state index in [4.69, 9.17) is 11.6 Å². The number of carbonyl (C=O) groups excluding carboxylic acids is 1. The van der Waals surface area contributed by atoms with Crippen LogP contribution in [0.15, 0.2) is 18.2 Å². The molecular weight excluding hydrogens is 314 g/mol. The zero-order valence-electron chi connectivity index (χ0n) is 10.6. The summed E-state index contributed by atoms with van der Waals surface area (Å²) in [5, 5.41) is 0.550. The summed E-state index contributed by atoms with van der Waals surface area (Å²) < 4.78 is 0. The lowest BCUT2D eigenvalue weighted by atomic mass is 9.99. The Bertz CT molecular complexity index is 463. The maximum atomic E-state index is 12.4. The van der Waals surface area contributed by atoms with Crippen LogP contribution in [0.4, 0.5) is 0 Å². The minimum Gasteiger partial charge on any atom is -0.338 e. The Balaban J connectivity index is 2.16. The number of alkyl halides is 1. The maximum Gasteiger partial charge on any atom is 0.255 e. The van der Waals surface area contributed by atoms with Crippen LogP contribution in [-0.4, -0.2) is 28.7 Å². The van der Waals surface area contributed by atoms with Crippen LogP contribution in [0.25, 0.3) is 0 Å². The summed E-state index contributed by atoms with van der Waals surface area (Å²) in [5.41, 5.74) is 1.69. The van der Waals surface area contributed by atoms with Gasteiger partial charge in [-0.1, -0.05) is 40.5 Å². The van der Waals surface area contributed by atoms with Crippen LogP contribution < -0.4 is 0 Å². The van der Waals surface area contributed by atoms with Gasteiger partial charge in [0.15, 0.2) is 0 Å². The van der Waals surface area contributed by atoms with E-state index in [1.54, 1.807) is 0 Å². The Hall–Kier alpha value is -0.540. The van der Waals surface area contributed by atoms with Crippen molar-refractivity contribution in [2.24, 2.45) is 5.92 Å². The largest absolute Gasteiger partial charge is 0.338 e. The quantitative estimate of drug-likeness (QED) is 0.715. The van der Waals surface area contributed by atoms with Crippen LogP contribution in [0.5, 0.6) is 0 Å². The molecule has 2 rings (SSSR count). The van der Waals surface area contributed by atoms with E-state index in [0.29, 0.717) is 21.3 Å². The second-order valence-corrected chi connectivity index (χ2v) is 6.60. The first-order valence-corrected chi connectivity index (χ1v) is 7.48. The van der Waals surface area contributed by atoms with Crippen molar-refractivity contribution < 1.29 is 4.79 Å². The number of hydrogen-bond acceptors (Lipinski definition) is 1. The predicted octanol–water partition coefficient (Wildman–Crippen LogP) is 3.89. The molecule has 1 aromatic carbocycles. The van der Waals surface area contributed by atoms with E-state index >= 15 is 0 Å². The molecule has 0 spiro atoms. The summed E-state index contributed by atoms with van der Waals surface area (Å²) in [5.74, 6) is 0.526. The van der Waals surface area contributed by atoms with E-state index in [1.807, 2.05) is 30.0 Å². The molecule has 0 N–H and O–H groups in total. The Morgan fingerprint density at radius 1 is 1.50 bits per heavy atom. The summed E-state index contributed by atoms with van der Waals surface area (Å²) in [6, 6.07) is 5.60. The Labute approximate surface area is 121 Å². The highest BCUT2D eigenvalue weighted by Gasteiger charge is 2.28. The van der Waals surface area contributed by atoms with Gasteiger partial charge in [-0.2, -0.15) is 0 Å². The van der Waals surface area contributed by atoms with Crippen LogP contribution >= 0.6 is 27.5 Å². The minimum absolute atomic E-state index is 0.0475. The van der Waals surface area contributed by atoms with Crippen LogP contribution in [0.2, 0.25) is 5.02 Å². The fourth-order valence-electron chi connectivity index (χ4n) is 2.27. The molecule has 4 heteroatoms. The van der Waals surface area contributed by atoms with Gasteiger partial charge in [0.05, 0.1) is 10.6 Å². The van der Waals surface area contributed by atoms with Crippen molar-refractivity contribution in [3.8, 4) is 0 Å². The fraction of sp³-hybridized carbons (Fsp3) is 0.500. The molecule has 2 atom stereocenters. The monoisotopic (exact) mass is 329 g/mol. The van der Waals surface area contributed by atoms with Crippen molar-refractivity contribution in [2.75, 3.05) is 13.1 Å². The van der Waals surface area contributed by atoms with Gasteiger partial charge in [-0.15, -0.1) is 0 Å². The summed E-state index contributed by atoms with van der Waals surface area (Å²) in [6.45, 7) is 5.72. The van der Waals surface area contributed by atoms with Crippen LogP contribution in [0.1, 0.15) is 29.3 Å². The Morgan fingerprint density at radius 2 is 2.22 bits per heavy atom. The summed E-state index contributed by atoms with van der Waals surface area (Å²) >= 11 is 9.80. The number of aryl methyl sites for hydroxylation is 1. The minimum atomic E-state index is 0.0475. The average Bonchev–Trinajstić information content (AvgIpc) is 2.32. The molecule has 1 aromatic rings. The van der Waals surface area contributed by atoms with E-state index in [2.05, 4.69) is 22.9 Å². The molecule has 0 saturated carbocycles. The van der Waals surface area contributed by atoms with Gasteiger partial charge in [0.1, 0.15) is 0 Å². The molecule has 0 aliphatic carbocycles. The number of carbonyl (C=O) groups is 1. The van der Waals surface area contributed by atoms with Gasteiger partial charge in [-0.3, -0.25) is 4.79 Å². The second kappa shape index (κ2) is 5.62. The first kappa shape index (κ1) is 13.9. The maximum absolute atomic E-state index is 12.4. The topological polar surface area (TPSA) is 20.3 Å². The number of benzene rings is 1. The highest BCUT2D eigenvalue weighted by atomic mass is 79.9. The molecule has 1 aliphatic rings. The molecule has 18 heavy (non-hydrogen) atoms. The lowest BCUT2D eigenvalue weighted by molar-refractivity contribution is 0.0690. The Kier molecular flexibility index (Phi) is 4.33. The first-order chi connectivity index (χ1) is 8.49. The third kappa shape index (κ3) is 2.89. The van der Waals surface area contributed by atoms with Gasteiger partial charge >= 0.3 is 0 Å². The molecule has 1 heterocycles. The molecule has 1 amide bonds. The fourth-order valence-corrected chi connectivity index (χ4v) is 2.95.